The van der Waals surface area contributed by atoms with Gasteiger partial charge >= 0.3 is 0 Å². The van der Waals surface area contributed by atoms with Crippen molar-refractivity contribution in [2.24, 2.45) is 5.73 Å². The molecule has 100 valence electrons. The molecule has 0 spiro atoms. The fourth-order valence-corrected chi connectivity index (χ4v) is 1.81. The minimum Gasteiger partial charge on any atom is -0.494 e. The van der Waals surface area contributed by atoms with Crippen LogP contribution in [-0.2, 0) is 0 Å². The maximum atomic E-state index is 11.2. The number of benzene rings is 1. The van der Waals surface area contributed by atoms with Gasteiger partial charge in [-0.15, -0.1) is 0 Å². The second-order valence-electron chi connectivity index (χ2n) is 3.80. The molecule has 0 aliphatic heterocycles. The van der Waals surface area contributed by atoms with Crippen LogP contribution in [0.2, 0.25) is 0 Å². The van der Waals surface area contributed by atoms with Crippen molar-refractivity contribution in [1.82, 2.24) is 15.4 Å². The Hall–Kier alpha value is -1.89. The third-order valence-electron chi connectivity index (χ3n) is 2.44. The lowest BCUT2D eigenvalue weighted by Crippen LogP contribution is -2.12. The number of primary amides is 1. The van der Waals surface area contributed by atoms with E-state index in [-0.39, 0.29) is 5.69 Å². The van der Waals surface area contributed by atoms with Crippen molar-refractivity contribution < 1.29 is 9.53 Å². The molecule has 0 aliphatic carbocycles. The zero-order valence-electron chi connectivity index (χ0n) is 10.1. The van der Waals surface area contributed by atoms with Crippen LogP contribution in [0.25, 0.3) is 11.3 Å². The lowest BCUT2D eigenvalue weighted by Gasteiger charge is -2.06. The number of alkyl halides is 1. The second kappa shape index (κ2) is 6.33. The number of nitrogens with two attached hydrogens (primary N) is 1. The molecule has 1 aromatic carbocycles. The summed E-state index contributed by atoms with van der Waals surface area (Å²) in [6.45, 7) is 0.621. The molecule has 6 nitrogen and oxygen atoms in total. The summed E-state index contributed by atoms with van der Waals surface area (Å²) < 4.78 is 5.58. The normalized spacial score (nSPS) is 10.4. The summed E-state index contributed by atoms with van der Waals surface area (Å²) in [6.07, 6.45) is 0.917. The van der Waals surface area contributed by atoms with Gasteiger partial charge in [-0.25, -0.2) is 0 Å². The summed E-state index contributed by atoms with van der Waals surface area (Å²) in [4.78, 5) is 11.2. The number of nitrogens with one attached hydrogen (secondary N) is 1. The lowest BCUT2D eigenvalue weighted by atomic mass is 10.1. The van der Waals surface area contributed by atoms with E-state index >= 15 is 0 Å². The van der Waals surface area contributed by atoms with Gasteiger partial charge < -0.3 is 10.5 Å². The molecule has 0 aliphatic rings. The van der Waals surface area contributed by atoms with Crippen LogP contribution < -0.4 is 10.5 Å². The van der Waals surface area contributed by atoms with Crippen LogP contribution in [0.5, 0.6) is 5.75 Å². The number of hydrogen-bond acceptors (Lipinski definition) is 4. The number of carbonyl (C=O) groups is 1. The van der Waals surface area contributed by atoms with Crippen LogP contribution in [0.15, 0.2) is 24.3 Å². The number of halogens is 1. The fourth-order valence-electron chi connectivity index (χ4n) is 1.58. The van der Waals surface area contributed by atoms with Crippen LogP contribution in [-0.4, -0.2) is 33.3 Å². The largest absolute Gasteiger partial charge is 0.494 e. The Bertz CT molecular complexity index is 570. The molecule has 1 heterocycles. The lowest BCUT2D eigenvalue weighted by molar-refractivity contribution is 0.0996. The van der Waals surface area contributed by atoms with Crippen LogP contribution >= 0.6 is 15.9 Å². The zero-order valence-corrected chi connectivity index (χ0v) is 11.7. The van der Waals surface area contributed by atoms with Gasteiger partial charge in [-0.05, 0) is 18.6 Å². The Morgan fingerprint density at radius 1 is 1.42 bits per heavy atom. The quantitative estimate of drug-likeness (QED) is 0.625. The van der Waals surface area contributed by atoms with E-state index in [1.54, 1.807) is 6.07 Å². The Kier molecular flexibility index (Phi) is 4.51. The van der Waals surface area contributed by atoms with Crippen LogP contribution in [0, 0.1) is 0 Å². The molecule has 0 bridgehead atoms. The van der Waals surface area contributed by atoms with Gasteiger partial charge in [-0.1, -0.05) is 28.1 Å². The van der Waals surface area contributed by atoms with E-state index in [9.17, 15) is 4.79 Å². The van der Waals surface area contributed by atoms with Gasteiger partial charge in [0, 0.05) is 10.9 Å². The highest BCUT2D eigenvalue weighted by Crippen LogP contribution is 2.24. The molecule has 1 aromatic heterocycles. The van der Waals surface area contributed by atoms with Gasteiger partial charge in [0.15, 0.2) is 5.69 Å². The third kappa shape index (κ3) is 3.31. The maximum absolute atomic E-state index is 11.2. The highest BCUT2D eigenvalue weighted by atomic mass is 79.9. The molecule has 0 unspecified atom stereocenters. The molecule has 0 fully saturated rings. The number of carbonyl (C=O) groups excluding carboxylic acids is 1. The first-order valence-electron chi connectivity index (χ1n) is 5.72. The van der Waals surface area contributed by atoms with E-state index in [0.29, 0.717) is 12.3 Å². The van der Waals surface area contributed by atoms with Crippen molar-refractivity contribution in [3.8, 4) is 17.0 Å². The van der Waals surface area contributed by atoms with Gasteiger partial charge in [0.25, 0.3) is 5.91 Å². The minimum atomic E-state index is -0.616. The molecular formula is C12H13BrN4O2. The SMILES string of the molecule is NC(=O)c1n[nH]nc1-c1cccc(OCCCBr)c1. The molecule has 19 heavy (non-hydrogen) atoms. The maximum Gasteiger partial charge on any atom is 0.271 e. The molecule has 0 radical (unpaired) electrons. The van der Waals surface area contributed by atoms with Gasteiger partial charge in [-0.2, -0.15) is 15.4 Å². The van der Waals surface area contributed by atoms with Crippen LogP contribution in [0.4, 0.5) is 0 Å². The number of rotatable bonds is 6. The van der Waals surface area contributed by atoms with Gasteiger partial charge in [-0.3, -0.25) is 4.79 Å². The Morgan fingerprint density at radius 3 is 3.00 bits per heavy atom. The van der Waals surface area contributed by atoms with Gasteiger partial charge in [0.05, 0.1) is 6.61 Å². The van der Waals surface area contributed by atoms with Crippen molar-refractivity contribution >= 4 is 21.8 Å². The fraction of sp³-hybridized carbons (Fsp3) is 0.250. The molecule has 1 amide bonds. The minimum absolute atomic E-state index is 0.123. The molecule has 0 atom stereocenters. The molecule has 7 heteroatoms. The Labute approximate surface area is 118 Å². The monoisotopic (exact) mass is 324 g/mol. The summed E-state index contributed by atoms with van der Waals surface area (Å²) in [5, 5.41) is 11.0. The number of aromatic amines is 1. The Balaban J connectivity index is 2.22. The highest BCUT2D eigenvalue weighted by molar-refractivity contribution is 9.09. The van der Waals surface area contributed by atoms with E-state index in [4.69, 9.17) is 10.5 Å². The third-order valence-corrected chi connectivity index (χ3v) is 3.00. The number of ether oxygens (including phenoxy) is 1. The van der Waals surface area contributed by atoms with E-state index in [0.717, 1.165) is 23.1 Å². The molecule has 0 saturated heterocycles. The number of H-pyrrole nitrogens is 1. The molecular weight excluding hydrogens is 312 g/mol. The predicted molar refractivity (Wildman–Crippen MR) is 74.2 cm³/mol. The van der Waals surface area contributed by atoms with E-state index in [2.05, 4.69) is 31.3 Å². The molecule has 0 saturated carbocycles. The summed E-state index contributed by atoms with van der Waals surface area (Å²) in [5.74, 6) is 0.103. The summed E-state index contributed by atoms with van der Waals surface area (Å²) in [6, 6.07) is 7.31. The molecule has 2 rings (SSSR count). The number of amides is 1. The first-order valence-corrected chi connectivity index (χ1v) is 6.84. The first-order chi connectivity index (χ1) is 9.22. The predicted octanol–water partition coefficient (Wildman–Crippen LogP) is 1.73. The average molecular weight is 325 g/mol. The Morgan fingerprint density at radius 2 is 2.26 bits per heavy atom. The summed E-state index contributed by atoms with van der Waals surface area (Å²) in [7, 11) is 0. The molecule has 2 aromatic rings. The zero-order chi connectivity index (χ0) is 13.7. The smallest absolute Gasteiger partial charge is 0.271 e. The average Bonchev–Trinajstić information content (AvgIpc) is 2.89. The topological polar surface area (TPSA) is 93.9 Å². The standard InChI is InChI=1S/C12H13BrN4O2/c13-5-2-6-19-9-4-1-3-8(7-9)10-11(12(14)18)16-17-15-10/h1,3-4,7H,2,5-6H2,(H2,14,18)(H,15,16,17). The van der Waals surface area contributed by atoms with Crippen LogP contribution in [0.1, 0.15) is 16.9 Å². The number of nitrogens with zero attached hydrogens (tertiary/aromatic N) is 2. The van der Waals surface area contributed by atoms with E-state index in [1.807, 2.05) is 18.2 Å². The van der Waals surface area contributed by atoms with Crippen LogP contribution in [0.3, 0.4) is 0 Å². The van der Waals surface area contributed by atoms with E-state index < -0.39 is 5.91 Å². The highest BCUT2D eigenvalue weighted by Gasteiger charge is 2.15. The summed E-state index contributed by atoms with van der Waals surface area (Å²) in [5.41, 5.74) is 6.52. The van der Waals surface area contributed by atoms with Crippen molar-refractivity contribution in [1.29, 1.82) is 0 Å². The van der Waals surface area contributed by atoms with Crippen molar-refractivity contribution in [2.75, 3.05) is 11.9 Å². The molecule has 3 N–H and O–H groups in total. The van der Waals surface area contributed by atoms with Gasteiger partial charge in [0.2, 0.25) is 0 Å². The first kappa shape index (κ1) is 13.5. The van der Waals surface area contributed by atoms with Crippen molar-refractivity contribution in [2.45, 2.75) is 6.42 Å². The van der Waals surface area contributed by atoms with Crippen molar-refractivity contribution in [3.05, 3.63) is 30.0 Å². The second-order valence-corrected chi connectivity index (χ2v) is 4.60. The number of hydrogen-bond donors (Lipinski definition) is 2. The summed E-state index contributed by atoms with van der Waals surface area (Å²) >= 11 is 3.34. The number of aromatic nitrogens is 3. The van der Waals surface area contributed by atoms with Gasteiger partial charge in [0.1, 0.15) is 11.4 Å². The van der Waals surface area contributed by atoms with Crippen molar-refractivity contribution in [3.63, 3.8) is 0 Å². The van der Waals surface area contributed by atoms with E-state index in [1.165, 1.54) is 0 Å².